The van der Waals surface area contributed by atoms with Crippen molar-refractivity contribution in [3.8, 4) is 11.3 Å². The number of fused-ring (bicyclic) bond motifs is 1. The average Bonchev–Trinajstić information content (AvgIpc) is 3.05. The molecule has 3 aromatic heterocycles. The van der Waals surface area contributed by atoms with Crippen molar-refractivity contribution in [2.24, 2.45) is 10.9 Å². The normalized spacial score (nSPS) is 19.9. The first kappa shape index (κ1) is 17.0. The average molecular weight is 374 g/mol. The fourth-order valence-corrected chi connectivity index (χ4v) is 3.98. The number of thiophene rings is 1. The van der Waals surface area contributed by atoms with Gasteiger partial charge in [0.1, 0.15) is 10.6 Å². The second-order valence-electron chi connectivity index (χ2n) is 6.34. The molecule has 1 fully saturated rings. The summed E-state index contributed by atoms with van der Waals surface area (Å²) in [7, 11) is 1.65. The zero-order valence-corrected chi connectivity index (χ0v) is 14.7. The predicted molar refractivity (Wildman–Crippen MR) is 98.8 cm³/mol. The van der Waals surface area contributed by atoms with Gasteiger partial charge in [0.2, 0.25) is 0 Å². The summed E-state index contributed by atoms with van der Waals surface area (Å²) in [5.74, 6) is -3.37. The van der Waals surface area contributed by atoms with Crippen LogP contribution >= 0.6 is 11.3 Å². The van der Waals surface area contributed by atoms with Gasteiger partial charge in [-0.25, -0.2) is 18.7 Å². The van der Waals surface area contributed by atoms with Crippen molar-refractivity contribution < 1.29 is 13.9 Å². The molecule has 2 unspecified atom stereocenters. The van der Waals surface area contributed by atoms with E-state index < -0.39 is 17.9 Å². The monoisotopic (exact) mass is 374 g/mol. The van der Waals surface area contributed by atoms with Crippen molar-refractivity contribution in [3.05, 3.63) is 40.9 Å². The molecule has 2 atom stereocenters. The van der Waals surface area contributed by atoms with Crippen molar-refractivity contribution in [1.82, 2.24) is 9.97 Å². The van der Waals surface area contributed by atoms with Crippen LogP contribution in [0.15, 0.2) is 35.5 Å². The number of hydrogen-bond acceptors (Lipinski definition) is 6. The Balaban J connectivity index is 1.69. The summed E-state index contributed by atoms with van der Waals surface area (Å²) < 4.78 is 26.4. The third kappa shape index (κ3) is 2.95. The Kier molecular flexibility index (Phi) is 3.96. The van der Waals surface area contributed by atoms with Gasteiger partial charge in [0.25, 0.3) is 5.92 Å². The summed E-state index contributed by atoms with van der Waals surface area (Å²) in [5.41, 5.74) is 7.99. The van der Waals surface area contributed by atoms with Crippen LogP contribution in [-0.4, -0.2) is 34.3 Å². The van der Waals surface area contributed by atoms with E-state index in [-0.39, 0.29) is 6.42 Å². The van der Waals surface area contributed by atoms with Crippen LogP contribution in [0, 0.1) is 5.92 Å². The molecule has 4 rings (SSSR count). The first-order chi connectivity index (χ1) is 12.4. The number of nitrogen functional groups attached to an aromatic ring is 1. The van der Waals surface area contributed by atoms with Gasteiger partial charge < -0.3 is 10.8 Å². The molecule has 3 aromatic rings. The third-order valence-corrected chi connectivity index (χ3v) is 5.58. The molecule has 0 bridgehead atoms. The van der Waals surface area contributed by atoms with Crippen molar-refractivity contribution >= 4 is 33.6 Å². The molecular formula is C18H16F2N4OS. The minimum atomic E-state index is -2.76. The number of aliphatic hydroxyl groups excluding tert-OH is 1. The van der Waals surface area contributed by atoms with Crippen LogP contribution in [0.1, 0.15) is 23.0 Å². The first-order valence-corrected chi connectivity index (χ1v) is 8.85. The number of nitrogens with zero attached hydrogens (tertiary/aromatic N) is 3. The Labute approximate surface area is 152 Å². The molecule has 134 valence electrons. The summed E-state index contributed by atoms with van der Waals surface area (Å²) in [4.78, 5) is 13.9. The number of nitrogens with two attached hydrogens (primary N) is 1. The molecule has 0 aliphatic heterocycles. The number of halogens is 2. The van der Waals surface area contributed by atoms with Gasteiger partial charge in [0, 0.05) is 47.3 Å². The zero-order valence-electron chi connectivity index (χ0n) is 13.9. The predicted octanol–water partition coefficient (Wildman–Crippen LogP) is 3.68. The van der Waals surface area contributed by atoms with Crippen LogP contribution in [0.2, 0.25) is 0 Å². The Hall–Kier alpha value is -2.45. The Morgan fingerprint density at radius 1 is 1.42 bits per heavy atom. The summed E-state index contributed by atoms with van der Waals surface area (Å²) in [5, 5.41) is 11.0. The number of aliphatic hydroxyl groups is 1. The number of anilines is 1. The summed E-state index contributed by atoms with van der Waals surface area (Å²) in [6, 6.07) is 7.26. The van der Waals surface area contributed by atoms with E-state index in [1.807, 2.05) is 18.2 Å². The number of aliphatic imine (C=N–C) groups is 1. The number of alkyl halides is 2. The second kappa shape index (κ2) is 6.07. The number of aromatic nitrogens is 2. The summed E-state index contributed by atoms with van der Waals surface area (Å²) in [6.07, 6.45) is 1.84. The number of pyridine rings is 2. The molecular weight excluding hydrogens is 358 g/mol. The highest BCUT2D eigenvalue weighted by Crippen LogP contribution is 2.56. The van der Waals surface area contributed by atoms with Crippen LogP contribution in [-0.2, 0) is 0 Å². The molecule has 1 saturated carbocycles. The van der Waals surface area contributed by atoms with Crippen LogP contribution < -0.4 is 5.73 Å². The van der Waals surface area contributed by atoms with E-state index in [0.717, 1.165) is 10.9 Å². The molecule has 8 heteroatoms. The van der Waals surface area contributed by atoms with E-state index >= 15 is 0 Å². The molecule has 0 amide bonds. The lowest BCUT2D eigenvalue weighted by Gasteiger charge is -2.05. The highest BCUT2D eigenvalue weighted by Gasteiger charge is 2.60. The number of hydrogen-bond donors (Lipinski definition) is 2. The maximum atomic E-state index is 13.2. The Morgan fingerprint density at radius 3 is 2.88 bits per heavy atom. The van der Waals surface area contributed by atoms with Crippen molar-refractivity contribution in [3.63, 3.8) is 0 Å². The minimum Gasteiger partial charge on any atom is -0.387 e. The van der Waals surface area contributed by atoms with Gasteiger partial charge in [0.05, 0.1) is 17.7 Å². The van der Waals surface area contributed by atoms with Crippen molar-refractivity contribution in [1.29, 1.82) is 0 Å². The molecule has 26 heavy (non-hydrogen) atoms. The van der Waals surface area contributed by atoms with E-state index in [9.17, 15) is 13.9 Å². The quantitative estimate of drug-likeness (QED) is 0.683. The molecule has 1 aliphatic rings. The molecule has 0 saturated heterocycles. The Bertz CT molecular complexity index is 1020. The molecule has 3 heterocycles. The van der Waals surface area contributed by atoms with Gasteiger partial charge in [-0.2, -0.15) is 0 Å². The SMILES string of the molecule is CN=Cc1cc(-c2ccc3cc(C(O)C4CC4(F)F)sc3n2)cnc1N. The van der Waals surface area contributed by atoms with E-state index in [1.54, 1.807) is 25.5 Å². The standard InChI is InChI=1S/C18H16F2N4OS/c1-22-7-11-4-10(8-23-16(11)21)13-3-2-9-5-14(26-17(9)24-13)15(25)12-6-18(12,19)20/h2-5,7-8,12,15,25H,6H2,1H3,(H2,21,23). The van der Waals surface area contributed by atoms with E-state index in [0.29, 0.717) is 26.8 Å². The van der Waals surface area contributed by atoms with Crippen molar-refractivity contribution in [2.75, 3.05) is 12.8 Å². The van der Waals surface area contributed by atoms with E-state index in [2.05, 4.69) is 15.0 Å². The molecule has 1 aliphatic carbocycles. The van der Waals surface area contributed by atoms with Gasteiger partial charge in [-0.1, -0.05) is 0 Å². The van der Waals surface area contributed by atoms with E-state index in [4.69, 9.17) is 5.73 Å². The minimum absolute atomic E-state index is 0.264. The summed E-state index contributed by atoms with van der Waals surface area (Å²) >= 11 is 1.24. The van der Waals surface area contributed by atoms with Gasteiger partial charge in [-0.3, -0.25) is 4.99 Å². The van der Waals surface area contributed by atoms with Crippen molar-refractivity contribution in [2.45, 2.75) is 18.4 Å². The van der Waals surface area contributed by atoms with Gasteiger partial charge in [0.15, 0.2) is 0 Å². The van der Waals surface area contributed by atoms with E-state index in [1.165, 1.54) is 11.3 Å². The topological polar surface area (TPSA) is 84.4 Å². The maximum Gasteiger partial charge on any atom is 0.254 e. The zero-order chi connectivity index (χ0) is 18.5. The molecule has 5 nitrogen and oxygen atoms in total. The summed E-state index contributed by atoms with van der Waals surface area (Å²) in [6.45, 7) is 0. The van der Waals surface area contributed by atoms with Crippen LogP contribution in [0.3, 0.4) is 0 Å². The highest BCUT2D eigenvalue weighted by molar-refractivity contribution is 7.18. The maximum absolute atomic E-state index is 13.2. The fraction of sp³-hybridized carbons (Fsp3) is 0.278. The molecule has 0 spiro atoms. The lowest BCUT2D eigenvalue weighted by molar-refractivity contribution is 0.0492. The van der Waals surface area contributed by atoms with Gasteiger partial charge in [-0.05, 0) is 24.3 Å². The smallest absolute Gasteiger partial charge is 0.254 e. The first-order valence-electron chi connectivity index (χ1n) is 8.03. The molecule has 0 aromatic carbocycles. The molecule has 0 radical (unpaired) electrons. The third-order valence-electron chi connectivity index (χ3n) is 4.46. The Morgan fingerprint density at radius 2 is 2.19 bits per heavy atom. The van der Waals surface area contributed by atoms with Crippen LogP contribution in [0.4, 0.5) is 14.6 Å². The lowest BCUT2D eigenvalue weighted by atomic mass is 10.1. The largest absolute Gasteiger partial charge is 0.387 e. The van der Waals surface area contributed by atoms with Gasteiger partial charge >= 0.3 is 0 Å². The van der Waals surface area contributed by atoms with Crippen LogP contribution in [0.25, 0.3) is 21.5 Å². The van der Waals surface area contributed by atoms with Crippen LogP contribution in [0.5, 0.6) is 0 Å². The lowest BCUT2D eigenvalue weighted by Crippen LogP contribution is -2.04. The fourth-order valence-electron chi connectivity index (χ4n) is 2.89. The second-order valence-corrected chi connectivity index (χ2v) is 7.40. The van der Waals surface area contributed by atoms with Gasteiger partial charge in [-0.15, -0.1) is 11.3 Å². The number of rotatable bonds is 4. The molecule has 3 N–H and O–H groups in total. The highest BCUT2D eigenvalue weighted by atomic mass is 32.1.